The Balaban J connectivity index is 4.38. The van der Waals surface area contributed by atoms with Crippen LogP contribution in [0, 0.1) is 0 Å². The van der Waals surface area contributed by atoms with E-state index in [1.165, 1.54) is 135 Å². The minimum absolute atomic E-state index is 0.0887. The molecule has 0 aliphatic heterocycles. The van der Waals surface area contributed by atoms with Crippen molar-refractivity contribution in [3.8, 4) is 0 Å². The monoisotopic (exact) mass is 895 g/mol. The van der Waals surface area contributed by atoms with E-state index in [9.17, 15) is 14.4 Å². The molecule has 1 atom stereocenters. The summed E-state index contributed by atoms with van der Waals surface area (Å²) in [5.41, 5.74) is 0. The van der Waals surface area contributed by atoms with Gasteiger partial charge in [-0.2, -0.15) is 0 Å². The van der Waals surface area contributed by atoms with Gasteiger partial charge in [-0.1, -0.05) is 223 Å². The summed E-state index contributed by atoms with van der Waals surface area (Å²) in [4.78, 5) is 38.0. The number of hydrogen-bond acceptors (Lipinski definition) is 6. The van der Waals surface area contributed by atoms with Crippen LogP contribution in [0.5, 0.6) is 0 Å². The van der Waals surface area contributed by atoms with Gasteiger partial charge in [0.1, 0.15) is 13.2 Å². The quantitative estimate of drug-likeness (QED) is 0.0199. The molecule has 0 aromatic carbocycles. The van der Waals surface area contributed by atoms with E-state index in [1.807, 2.05) is 0 Å². The maximum Gasteiger partial charge on any atom is 0.306 e. The van der Waals surface area contributed by atoms with Gasteiger partial charge in [-0.3, -0.25) is 14.4 Å². The maximum absolute atomic E-state index is 12.8. The lowest BCUT2D eigenvalue weighted by Gasteiger charge is -2.18. The summed E-state index contributed by atoms with van der Waals surface area (Å²) in [5, 5.41) is 0. The van der Waals surface area contributed by atoms with Crippen LogP contribution in [0.2, 0.25) is 0 Å². The maximum atomic E-state index is 12.8. The number of hydrogen-bond donors (Lipinski definition) is 0. The summed E-state index contributed by atoms with van der Waals surface area (Å²) in [5.74, 6) is -0.923. The molecule has 0 radical (unpaired) electrons. The third-order valence-corrected chi connectivity index (χ3v) is 11.8. The fourth-order valence-electron chi connectivity index (χ4n) is 7.67. The minimum Gasteiger partial charge on any atom is -0.462 e. The van der Waals surface area contributed by atoms with Crippen LogP contribution in [-0.4, -0.2) is 37.2 Å². The van der Waals surface area contributed by atoms with E-state index < -0.39 is 6.10 Å². The largest absolute Gasteiger partial charge is 0.462 e. The van der Waals surface area contributed by atoms with E-state index in [4.69, 9.17) is 14.2 Å². The number of allylic oxidation sites excluding steroid dienone is 10. The molecule has 0 saturated heterocycles. The van der Waals surface area contributed by atoms with Crippen LogP contribution in [-0.2, 0) is 28.6 Å². The number of carbonyl (C=O) groups is 3. The standard InChI is InChI=1S/C58H102O6/c1-4-7-10-13-16-19-22-25-27-28-29-30-31-34-36-39-42-45-48-51-57(60)63-54-55(53-62-56(59)50-47-44-41-38-35-32-24-21-18-15-12-9-6-3)64-58(61)52-49-46-43-40-37-33-26-23-20-17-14-11-8-5-2/h9,12,15,18,21,24,28-29,33,37,55H,4-8,10-11,13-14,16-17,19-20,22-23,25-27,30-32,34-36,38-54H2,1-3H3/b12-9+,18-15+,24-21+,29-28+,37-33+. The molecule has 0 bridgehead atoms. The molecule has 0 aromatic rings. The minimum atomic E-state index is -0.791. The summed E-state index contributed by atoms with van der Waals surface area (Å²) in [6.45, 7) is 6.48. The van der Waals surface area contributed by atoms with Gasteiger partial charge in [0, 0.05) is 19.3 Å². The normalized spacial score (nSPS) is 12.5. The highest BCUT2D eigenvalue weighted by Gasteiger charge is 2.19. The van der Waals surface area contributed by atoms with Gasteiger partial charge in [0.15, 0.2) is 6.10 Å². The number of unbranched alkanes of at least 4 members (excludes halogenated alkanes) is 30. The van der Waals surface area contributed by atoms with Crippen LogP contribution in [0.1, 0.15) is 271 Å². The van der Waals surface area contributed by atoms with E-state index in [2.05, 4.69) is 81.5 Å². The third kappa shape index (κ3) is 50.1. The Kier molecular flexibility index (Phi) is 50.4. The highest BCUT2D eigenvalue weighted by molar-refractivity contribution is 5.71. The Morgan fingerprint density at radius 2 is 0.625 bits per heavy atom. The third-order valence-electron chi connectivity index (χ3n) is 11.8. The average Bonchev–Trinajstić information content (AvgIpc) is 3.29. The van der Waals surface area contributed by atoms with Crippen molar-refractivity contribution < 1.29 is 28.6 Å². The molecule has 6 heteroatoms. The molecular formula is C58H102O6. The molecule has 0 fully saturated rings. The molecule has 0 saturated carbocycles. The smallest absolute Gasteiger partial charge is 0.306 e. The lowest BCUT2D eigenvalue weighted by Crippen LogP contribution is -2.30. The van der Waals surface area contributed by atoms with Crippen molar-refractivity contribution in [3.63, 3.8) is 0 Å². The Morgan fingerprint density at radius 1 is 0.328 bits per heavy atom. The van der Waals surface area contributed by atoms with Gasteiger partial charge >= 0.3 is 17.9 Å². The molecule has 0 amide bonds. The van der Waals surface area contributed by atoms with Crippen molar-refractivity contribution in [2.45, 2.75) is 277 Å². The first-order chi connectivity index (χ1) is 31.5. The SMILES string of the molecule is CC/C=C/C=C/C=C/CCCCCCCC(=O)OCC(COC(=O)CCCCCCCCC/C=C/CCCCCCCCCC)OC(=O)CCCCC/C=C/CCCCCCCCC. The number of carbonyl (C=O) groups excluding carboxylic acids is 3. The van der Waals surface area contributed by atoms with Crippen molar-refractivity contribution in [3.05, 3.63) is 60.8 Å². The van der Waals surface area contributed by atoms with Crippen molar-refractivity contribution in [2.75, 3.05) is 13.2 Å². The average molecular weight is 895 g/mol. The van der Waals surface area contributed by atoms with Gasteiger partial charge in [-0.25, -0.2) is 0 Å². The van der Waals surface area contributed by atoms with Crippen LogP contribution < -0.4 is 0 Å². The van der Waals surface area contributed by atoms with Crippen molar-refractivity contribution in [1.82, 2.24) is 0 Å². The first kappa shape index (κ1) is 61.1. The van der Waals surface area contributed by atoms with Crippen molar-refractivity contribution >= 4 is 17.9 Å². The van der Waals surface area contributed by atoms with E-state index in [0.717, 1.165) is 96.3 Å². The van der Waals surface area contributed by atoms with Crippen molar-refractivity contribution in [2.24, 2.45) is 0 Å². The van der Waals surface area contributed by atoms with Crippen molar-refractivity contribution in [1.29, 1.82) is 0 Å². The molecule has 0 aliphatic rings. The van der Waals surface area contributed by atoms with Gasteiger partial charge in [0.05, 0.1) is 0 Å². The highest BCUT2D eigenvalue weighted by Crippen LogP contribution is 2.15. The van der Waals surface area contributed by atoms with Gasteiger partial charge in [-0.05, 0) is 89.9 Å². The molecule has 0 aliphatic carbocycles. The molecule has 6 nitrogen and oxygen atoms in total. The molecule has 1 unspecified atom stereocenters. The number of ether oxygens (including phenoxy) is 3. The predicted octanol–water partition coefficient (Wildman–Crippen LogP) is 18.0. The first-order valence-corrected chi connectivity index (χ1v) is 27.3. The second kappa shape index (κ2) is 52.7. The zero-order chi connectivity index (χ0) is 46.5. The van der Waals surface area contributed by atoms with E-state index in [0.29, 0.717) is 19.3 Å². The molecule has 0 rings (SSSR count). The molecule has 64 heavy (non-hydrogen) atoms. The first-order valence-electron chi connectivity index (χ1n) is 27.3. The van der Waals surface area contributed by atoms with Gasteiger partial charge in [0.25, 0.3) is 0 Å². The summed E-state index contributed by atoms with van der Waals surface area (Å²) in [6.07, 6.45) is 65.0. The van der Waals surface area contributed by atoms with Crippen LogP contribution in [0.4, 0.5) is 0 Å². The Bertz CT molecular complexity index is 1170. The number of rotatable bonds is 49. The zero-order valence-corrected chi connectivity index (χ0v) is 42.3. The fraction of sp³-hybridized carbons (Fsp3) is 0.776. The second-order valence-corrected chi connectivity index (χ2v) is 18.2. The topological polar surface area (TPSA) is 78.9 Å². The molecular weight excluding hydrogens is 793 g/mol. The second-order valence-electron chi connectivity index (χ2n) is 18.2. The van der Waals surface area contributed by atoms with Crippen LogP contribution in [0.25, 0.3) is 0 Å². The van der Waals surface area contributed by atoms with Crippen LogP contribution in [0.3, 0.4) is 0 Å². The molecule has 0 aromatic heterocycles. The molecule has 0 N–H and O–H groups in total. The van der Waals surface area contributed by atoms with E-state index >= 15 is 0 Å². The van der Waals surface area contributed by atoms with Gasteiger partial charge in [-0.15, -0.1) is 0 Å². The zero-order valence-electron chi connectivity index (χ0n) is 42.3. The van der Waals surface area contributed by atoms with E-state index in [-0.39, 0.29) is 31.1 Å². The van der Waals surface area contributed by atoms with E-state index in [1.54, 1.807) is 0 Å². The van der Waals surface area contributed by atoms with Crippen LogP contribution in [0.15, 0.2) is 60.8 Å². The number of esters is 3. The summed E-state index contributed by atoms with van der Waals surface area (Å²) in [7, 11) is 0. The molecule has 0 spiro atoms. The predicted molar refractivity (Wildman–Crippen MR) is 275 cm³/mol. The summed E-state index contributed by atoms with van der Waals surface area (Å²) in [6, 6.07) is 0. The molecule has 0 heterocycles. The Hall–Kier alpha value is -2.89. The fourth-order valence-corrected chi connectivity index (χ4v) is 7.67. The van der Waals surface area contributed by atoms with Gasteiger partial charge in [0.2, 0.25) is 0 Å². The Morgan fingerprint density at radius 3 is 1.00 bits per heavy atom. The van der Waals surface area contributed by atoms with Gasteiger partial charge < -0.3 is 14.2 Å². The Labute approximate surface area is 396 Å². The lowest BCUT2D eigenvalue weighted by molar-refractivity contribution is -0.167. The summed E-state index contributed by atoms with van der Waals surface area (Å²) < 4.78 is 16.8. The highest BCUT2D eigenvalue weighted by atomic mass is 16.6. The molecule has 370 valence electrons. The lowest BCUT2D eigenvalue weighted by atomic mass is 10.1. The summed E-state index contributed by atoms with van der Waals surface area (Å²) >= 11 is 0. The van der Waals surface area contributed by atoms with Crippen LogP contribution >= 0.6 is 0 Å².